The lowest BCUT2D eigenvalue weighted by atomic mass is 9.83. The van der Waals surface area contributed by atoms with E-state index in [1.807, 2.05) is 36.4 Å². The fourth-order valence-corrected chi connectivity index (χ4v) is 4.38. The van der Waals surface area contributed by atoms with Gasteiger partial charge in [0.2, 0.25) is 11.9 Å². The predicted molar refractivity (Wildman–Crippen MR) is 116 cm³/mol. The van der Waals surface area contributed by atoms with E-state index in [0.717, 1.165) is 35.3 Å². The van der Waals surface area contributed by atoms with Gasteiger partial charge in [-0.15, -0.1) is 0 Å². The molecule has 2 heterocycles. The van der Waals surface area contributed by atoms with Crippen LogP contribution in [0.5, 0.6) is 0 Å². The Kier molecular flexibility index (Phi) is 4.82. The Hall–Kier alpha value is -2.73. The highest BCUT2D eigenvalue weighted by Crippen LogP contribution is 2.39. The molecular formula is C24H28N4O2. The van der Waals surface area contributed by atoms with Gasteiger partial charge in [0.05, 0.1) is 12.0 Å². The molecular weight excluding hydrogens is 376 g/mol. The third-order valence-corrected chi connectivity index (χ3v) is 6.67. The second kappa shape index (κ2) is 7.51. The fourth-order valence-electron chi connectivity index (χ4n) is 4.38. The third kappa shape index (κ3) is 3.49. The van der Waals surface area contributed by atoms with Crippen molar-refractivity contribution in [1.29, 1.82) is 0 Å². The molecule has 6 nitrogen and oxygen atoms in total. The fraction of sp³-hybridized carbons (Fsp3) is 0.458. The summed E-state index contributed by atoms with van der Waals surface area (Å²) < 4.78 is 2.11. The monoisotopic (exact) mass is 404 g/mol. The number of benzene rings is 1. The molecule has 0 spiro atoms. The smallest absolute Gasteiger partial charge is 0.229 e. The zero-order valence-corrected chi connectivity index (χ0v) is 17.3. The van der Waals surface area contributed by atoms with Crippen LogP contribution in [0.15, 0.2) is 42.5 Å². The Balaban J connectivity index is 1.42. The van der Waals surface area contributed by atoms with Crippen molar-refractivity contribution in [2.75, 3.05) is 5.32 Å². The SMILES string of the molecule is CC(O)(CC(=O)Nc1nc2ccc(C3CCC3)nc2n1C1CCC1)c1ccccc1. The lowest BCUT2D eigenvalue weighted by Crippen LogP contribution is -2.30. The molecule has 2 fully saturated rings. The normalized spacial score (nSPS) is 19.1. The van der Waals surface area contributed by atoms with E-state index >= 15 is 0 Å². The number of fused-ring (bicyclic) bond motifs is 1. The number of hydrogen-bond donors (Lipinski definition) is 2. The molecule has 1 aromatic carbocycles. The number of nitrogens with one attached hydrogen (secondary N) is 1. The molecule has 30 heavy (non-hydrogen) atoms. The molecule has 2 aromatic heterocycles. The van der Waals surface area contributed by atoms with Crippen LogP contribution in [-0.2, 0) is 10.4 Å². The van der Waals surface area contributed by atoms with Crippen LogP contribution in [0.25, 0.3) is 11.2 Å². The number of imidazole rings is 1. The highest BCUT2D eigenvalue weighted by Gasteiger charge is 2.30. The van der Waals surface area contributed by atoms with E-state index < -0.39 is 5.60 Å². The van der Waals surface area contributed by atoms with Crippen LogP contribution in [0.2, 0.25) is 0 Å². The minimum atomic E-state index is -1.24. The van der Waals surface area contributed by atoms with Gasteiger partial charge in [0.15, 0.2) is 5.65 Å². The van der Waals surface area contributed by atoms with Gasteiger partial charge in [0.25, 0.3) is 0 Å². The Labute approximate surface area is 176 Å². The summed E-state index contributed by atoms with van der Waals surface area (Å²) in [7, 11) is 0. The van der Waals surface area contributed by atoms with Gasteiger partial charge in [-0.05, 0) is 56.7 Å². The first kappa shape index (κ1) is 19.2. The highest BCUT2D eigenvalue weighted by molar-refractivity contribution is 5.91. The van der Waals surface area contributed by atoms with Gasteiger partial charge >= 0.3 is 0 Å². The molecule has 0 saturated heterocycles. The van der Waals surface area contributed by atoms with Crippen molar-refractivity contribution in [1.82, 2.24) is 14.5 Å². The van der Waals surface area contributed by atoms with Crippen LogP contribution in [0, 0.1) is 0 Å². The summed E-state index contributed by atoms with van der Waals surface area (Å²) >= 11 is 0. The first-order valence-electron chi connectivity index (χ1n) is 11.0. The van der Waals surface area contributed by atoms with Crippen LogP contribution in [0.4, 0.5) is 5.95 Å². The number of hydrogen-bond acceptors (Lipinski definition) is 4. The van der Waals surface area contributed by atoms with Gasteiger partial charge in [-0.2, -0.15) is 0 Å². The van der Waals surface area contributed by atoms with Gasteiger partial charge in [-0.3, -0.25) is 14.7 Å². The maximum absolute atomic E-state index is 12.8. The number of anilines is 1. The van der Waals surface area contributed by atoms with Crippen LogP contribution in [0.3, 0.4) is 0 Å². The van der Waals surface area contributed by atoms with Crippen LogP contribution < -0.4 is 5.32 Å². The number of carbonyl (C=O) groups is 1. The Morgan fingerprint density at radius 3 is 2.47 bits per heavy atom. The molecule has 2 N–H and O–H groups in total. The molecule has 0 aliphatic heterocycles. The van der Waals surface area contributed by atoms with E-state index in [0.29, 0.717) is 17.9 Å². The molecule has 5 rings (SSSR count). The van der Waals surface area contributed by atoms with Crippen molar-refractivity contribution in [2.45, 2.75) is 69.4 Å². The van der Waals surface area contributed by atoms with Crippen LogP contribution >= 0.6 is 0 Å². The minimum Gasteiger partial charge on any atom is -0.385 e. The van der Waals surface area contributed by atoms with Crippen molar-refractivity contribution in [3.05, 3.63) is 53.7 Å². The Morgan fingerprint density at radius 2 is 1.83 bits per heavy atom. The van der Waals surface area contributed by atoms with Gasteiger partial charge in [-0.1, -0.05) is 36.8 Å². The van der Waals surface area contributed by atoms with Crippen LogP contribution in [0.1, 0.15) is 75.1 Å². The molecule has 0 bridgehead atoms. The lowest BCUT2D eigenvalue weighted by molar-refractivity contribution is -0.120. The molecule has 0 radical (unpaired) electrons. The topological polar surface area (TPSA) is 80.0 Å². The second-order valence-corrected chi connectivity index (χ2v) is 8.96. The summed E-state index contributed by atoms with van der Waals surface area (Å²) in [5, 5.41) is 13.8. The van der Waals surface area contributed by atoms with E-state index in [1.54, 1.807) is 6.92 Å². The number of nitrogens with zero attached hydrogens (tertiary/aromatic N) is 3. The van der Waals surface area contributed by atoms with E-state index in [4.69, 9.17) is 4.98 Å². The second-order valence-electron chi connectivity index (χ2n) is 8.96. The van der Waals surface area contributed by atoms with Crippen molar-refractivity contribution >= 4 is 23.0 Å². The average Bonchev–Trinajstić information content (AvgIpc) is 2.96. The highest BCUT2D eigenvalue weighted by atomic mass is 16.3. The van der Waals surface area contributed by atoms with Gasteiger partial charge in [-0.25, -0.2) is 9.97 Å². The van der Waals surface area contributed by atoms with E-state index in [1.165, 1.54) is 25.7 Å². The summed E-state index contributed by atoms with van der Waals surface area (Å²) in [5.74, 6) is 0.846. The summed E-state index contributed by atoms with van der Waals surface area (Å²) in [6.45, 7) is 1.67. The summed E-state index contributed by atoms with van der Waals surface area (Å²) in [5.41, 5.74) is 2.30. The van der Waals surface area contributed by atoms with E-state index in [9.17, 15) is 9.90 Å². The minimum absolute atomic E-state index is 0.0361. The maximum Gasteiger partial charge on any atom is 0.229 e. The zero-order chi connectivity index (χ0) is 20.7. The number of carbonyl (C=O) groups excluding carboxylic acids is 1. The largest absolute Gasteiger partial charge is 0.385 e. The van der Waals surface area contributed by atoms with Gasteiger partial charge in [0.1, 0.15) is 5.52 Å². The number of aromatic nitrogens is 3. The van der Waals surface area contributed by atoms with Crippen molar-refractivity contribution in [3.63, 3.8) is 0 Å². The van der Waals surface area contributed by atoms with Crippen molar-refractivity contribution in [3.8, 4) is 0 Å². The first-order valence-corrected chi connectivity index (χ1v) is 11.0. The molecule has 1 amide bonds. The average molecular weight is 405 g/mol. The van der Waals surface area contributed by atoms with Gasteiger partial charge < -0.3 is 5.11 Å². The zero-order valence-electron chi connectivity index (χ0n) is 17.3. The maximum atomic E-state index is 12.8. The quantitative estimate of drug-likeness (QED) is 0.626. The molecule has 156 valence electrons. The van der Waals surface area contributed by atoms with Crippen molar-refractivity contribution < 1.29 is 9.90 Å². The number of amides is 1. The summed E-state index contributed by atoms with van der Waals surface area (Å²) in [6.07, 6.45) is 6.97. The lowest BCUT2D eigenvalue weighted by Gasteiger charge is -2.29. The number of pyridine rings is 1. The summed E-state index contributed by atoms with van der Waals surface area (Å²) in [6, 6.07) is 13.7. The van der Waals surface area contributed by atoms with E-state index in [2.05, 4.69) is 20.9 Å². The Morgan fingerprint density at radius 1 is 1.10 bits per heavy atom. The molecule has 1 atom stereocenters. The Bertz CT molecular complexity index is 1070. The molecule has 2 aliphatic rings. The van der Waals surface area contributed by atoms with Crippen LogP contribution in [-0.4, -0.2) is 25.5 Å². The predicted octanol–water partition coefficient (Wildman–Crippen LogP) is 4.66. The van der Waals surface area contributed by atoms with E-state index in [-0.39, 0.29) is 12.3 Å². The molecule has 6 heteroatoms. The molecule has 2 aliphatic carbocycles. The molecule has 3 aromatic rings. The number of aliphatic hydroxyl groups is 1. The molecule has 1 unspecified atom stereocenters. The molecule has 2 saturated carbocycles. The van der Waals surface area contributed by atoms with Gasteiger partial charge in [0, 0.05) is 17.7 Å². The third-order valence-electron chi connectivity index (χ3n) is 6.67. The van der Waals surface area contributed by atoms with Crippen molar-refractivity contribution in [2.24, 2.45) is 0 Å². The standard InChI is InChI=1S/C24H28N4O2/c1-24(30,17-9-3-2-4-10-17)15-21(29)27-23-26-20-14-13-19(16-7-5-8-16)25-22(20)28(23)18-11-6-12-18/h2-4,9-10,13-14,16,18,30H,5-8,11-12,15H2,1H3,(H,26,27,29). The summed E-state index contributed by atoms with van der Waals surface area (Å²) in [4.78, 5) is 22.5. The first-order chi connectivity index (χ1) is 14.5. The number of rotatable bonds is 6.